The highest BCUT2D eigenvalue weighted by Crippen LogP contribution is 2.28. The summed E-state index contributed by atoms with van der Waals surface area (Å²) in [6.07, 6.45) is 1.49. The van der Waals surface area contributed by atoms with E-state index < -0.39 is 10.9 Å². The molecule has 150 valence electrons. The number of carbonyl (C=O) groups excluding carboxylic acids is 1. The second-order valence-electron chi connectivity index (χ2n) is 6.87. The Morgan fingerprint density at radius 2 is 1.74 bits per heavy atom. The highest BCUT2D eigenvalue weighted by Gasteiger charge is 2.25. The Morgan fingerprint density at radius 3 is 2.61 bits per heavy atom. The fourth-order valence-electron chi connectivity index (χ4n) is 3.43. The van der Waals surface area contributed by atoms with E-state index in [2.05, 4.69) is 4.99 Å². The zero-order valence-electron chi connectivity index (χ0n) is 16.0. The quantitative estimate of drug-likeness (QED) is 0.196. The highest BCUT2D eigenvalue weighted by molar-refractivity contribution is 6.17. The molecule has 4 aromatic rings. The standard InChI is InChI=1S/C24H14N2O5/c27-24-21(25-23(31-24)20-10-4-6-15-5-1-2-9-19(15)20)14-18-11-12-22(30-18)16-7-3-8-17(13-16)26(28)29/h1-14H. The number of ether oxygens (including phenoxy) is 1. The number of hydrogen-bond acceptors (Lipinski definition) is 6. The number of benzene rings is 3. The van der Waals surface area contributed by atoms with Crippen molar-refractivity contribution < 1.29 is 18.9 Å². The third kappa shape index (κ3) is 3.49. The maximum atomic E-state index is 12.4. The fourth-order valence-corrected chi connectivity index (χ4v) is 3.43. The van der Waals surface area contributed by atoms with E-state index in [1.807, 2.05) is 42.5 Å². The molecule has 5 rings (SSSR count). The first-order chi connectivity index (χ1) is 15.1. The molecule has 1 aromatic heterocycles. The highest BCUT2D eigenvalue weighted by atomic mass is 16.6. The first-order valence-electron chi connectivity index (χ1n) is 9.44. The number of cyclic esters (lactones) is 1. The number of nitro benzene ring substituents is 1. The molecule has 7 heteroatoms. The number of nitro groups is 1. The van der Waals surface area contributed by atoms with Crippen LogP contribution in [-0.4, -0.2) is 16.8 Å². The largest absolute Gasteiger partial charge is 0.457 e. The first kappa shape index (κ1) is 18.5. The van der Waals surface area contributed by atoms with Crippen molar-refractivity contribution in [3.8, 4) is 11.3 Å². The van der Waals surface area contributed by atoms with Gasteiger partial charge >= 0.3 is 5.97 Å². The molecule has 0 fully saturated rings. The Bertz CT molecular complexity index is 1410. The normalized spacial score (nSPS) is 14.6. The Morgan fingerprint density at radius 1 is 0.935 bits per heavy atom. The lowest BCUT2D eigenvalue weighted by atomic mass is 10.0. The number of carbonyl (C=O) groups is 1. The van der Waals surface area contributed by atoms with Crippen molar-refractivity contribution in [3.63, 3.8) is 0 Å². The molecule has 3 aromatic carbocycles. The van der Waals surface area contributed by atoms with Gasteiger partial charge in [0.05, 0.1) is 4.92 Å². The minimum Gasteiger partial charge on any atom is -0.457 e. The number of aliphatic imine (C=N–C) groups is 1. The van der Waals surface area contributed by atoms with Gasteiger partial charge < -0.3 is 9.15 Å². The van der Waals surface area contributed by atoms with E-state index in [0.717, 1.165) is 16.3 Å². The Hall–Kier alpha value is -4.52. The number of non-ortho nitro benzene ring substituents is 1. The molecule has 1 aliphatic heterocycles. The SMILES string of the molecule is O=C1OC(c2cccc3ccccc23)=NC1=Cc1ccc(-c2cccc([N+](=O)[O-])c2)o1. The monoisotopic (exact) mass is 410 g/mol. The molecule has 1 aliphatic rings. The van der Waals surface area contributed by atoms with Crippen molar-refractivity contribution in [3.05, 3.63) is 106 Å². The summed E-state index contributed by atoms with van der Waals surface area (Å²) < 4.78 is 11.1. The van der Waals surface area contributed by atoms with Gasteiger partial charge in [0.15, 0.2) is 5.70 Å². The Labute approximate surface area is 176 Å². The van der Waals surface area contributed by atoms with Crippen molar-refractivity contribution in [1.29, 1.82) is 0 Å². The van der Waals surface area contributed by atoms with Crippen LogP contribution in [-0.2, 0) is 9.53 Å². The third-order valence-corrected chi connectivity index (χ3v) is 4.89. The minimum atomic E-state index is -0.573. The lowest BCUT2D eigenvalue weighted by molar-refractivity contribution is -0.384. The molecule has 0 atom stereocenters. The van der Waals surface area contributed by atoms with Gasteiger partial charge in [0.25, 0.3) is 5.69 Å². The molecule has 0 radical (unpaired) electrons. The lowest BCUT2D eigenvalue weighted by Crippen LogP contribution is -2.05. The Kier molecular flexibility index (Phi) is 4.41. The van der Waals surface area contributed by atoms with Gasteiger partial charge in [0, 0.05) is 29.3 Å². The molecule has 0 aliphatic carbocycles. The van der Waals surface area contributed by atoms with Crippen molar-refractivity contribution in [2.24, 2.45) is 4.99 Å². The van der Waals surface area contributed by atoms with Crippen LogP contribution in [0.2, 0.25) is 0 Å². The lowest BCUT2D eigenvalue weighted by Gasteiger charge is -2.04. The van der Waals surface area contributed by atoms with Crippen LogP contribution in [0.4, 0.5) is 5.69 Å². The van der Waals surface area contributed by atoms with Gasteiger partial charge in [-0.05, 0) is 29.0 Å². The van der Waals surface area contributed by atoms with Crippen LogP contribution >= 0.6 is 0 Å². The van der Waals surface area contributed by atoms with E-state index in [-0.39, 0.29) is 17.3 Å². The molecule has 0 N–H and O–H groups in total. The van der Waals surface area contributed by atoms with Crippen molar-refractivity contribution in [2.45, 2.75) is 0 Å². The van der Waals surface area contributed by atoms with E-state index in [9.17, 15) is 14.9 Å². The summed E-state index contributed by atoms with van der Waals surface area (Å²) in [6, 6.07) is 23.0. The molecule has 0 bridgehead atoms. The number of furan rings is 1. The summed E-state index contributed by atoms with van der Waals surface area (Å²) in [7, 11) is 0. The van der Waals surface area contributed by atoms with Gasteiger partial charge in [-0.15, -0.1) is 0 Å². The smallest absolute Gasteiger partial charge is 0.363 e. The van der Waals surface area contributed by atoms with Crippen molar-refractivity contribution in [1.82, 2.24) is 0 Å². The van der Waals surface area contributed by atoms with E-state index in [4.69, 9.17) is 9.15 Å². The summed E-state index contributed by atoms with van der Waals surface area (Å²) in [5.41, 5.74) is 1.37. The molecular formula is C24H14N2O5. The summed E-state index contributed by atoms with van der Waals surface area (Å²) in [5.74, 6) is 0.492. The van der Waals surface area contributed by atoms with Gasteiger partial charge in [-0.25, -0.2) is 9.79 Å². The van der Waals surface area contributed by atoms with E-state index >= 15 is 0 Å². The van der Waals surface area contributed by atoms with Crippen LogP contribution in [0.3, 0.4) is 0 Å². The average molecular weight is 410 g/mol. The van der Waals surface area contributed by atoms with Gasteiger partial charge in [-0.3, -0.25) is 10.1 Å². The number of hydrogen-bond donors (Lipinski definition) is 0. The van der Waals surface area contributed by atoms with Gasteiger partial charge in [0.1, 0.15) is 11.5 Å². The Balaban J connectivity index is 1.48. The van der Waals surface area contributed by atoms with Crippen molar-refractivity contribution >= 4 is 34.4 Å². The summed E-state index contributed by atoms with van der Waals surface area (Å²) in [5, 5.41) is 12.9. The van der Waals surface area contributed by atoms with Crippen molar-refractivity contribution in [2.75, 3.05) is 0 Å². The summed E-state index contributed by atoms with van der Waals surface area (Å²) in [4.78, 5) is 27.3. The molecular weight excluding hydrogens is 396 g/mol. The second kappa shape index (κ2) is 7.38. The number of rotatable bonds is 4. The van der Waals surface area contributed by atoms with Crippen LogP contribution in [0.25, 0.3) is 28.2 Å². The number of fused-ring (bicyclic) bond motifs is 1. The summed E-state index contributed by atoms with van der Waals surface area (Å²) in [6.45, 7) is 0. The molecule has 31 heavy (non-hydrogen) atoms. The van der Waals surface area contributed by atoms with Crippen LogP contribution in [0.15, 0.2) is 94.0 Å². The molecule has 7 nitrogen and oxygen atoms in total. The molecule has 0 spiro atoms. The van der Waals surface area contributed by atoms with E-state index in [0.29, 0.717) is 17.1 Å². The number of esters is 1. The van der Waals surface area contributed by atoms with Gasteiger partial charge in [0.2, 0.25) is 5.90 Å². The molecule has 0 unspecified atom stereocenters. The van der Waals surface area contributed by atoms with E-state index in [1.54, 1.807) is 24.3 Å². The summed E-state index contributed by atoms with van der Waals surface area (Å²) >= 11 is 0. The van der Waals surface area contributed by atoms with Gasteiger partial charge in [-0.1, -0.05) is 48.5 Å². The number of nitrogens with zero attached hydrogens (tertiary/aromatic N) is 2. The van der Waals surface area contributed by atoms with E-state index in [1.165, 1.54) is 18.2 Å². The predicted octanol–water partition coefficient (Wildman–Crippen LogP) is 5.35. The zero-order valence-corrected chi connectivity index (χ0v) is 16.0. The third-order valence-electron chi connectivity index (χ3n) is 4.89. The minimum absolute atomic E-state index is 0.0301. The fraction of sp³-hybridized carbons (Fsp3) is 0. The van der Waals surface area contributed by atoms with Crippen LogP contribution < -0.4 is 0 Å². The second-order valence-corrected chi connectivity index (χ2v) is 6.87. The maximum absolute atomic E-state index is 12.4. The van der Waals surface area contributed by atoms with Gasteiger partial charge in [-0.2, -0.15) is 0 Å². The molecule has 0 amide bonds. The molecule has 0 saturated carbocycles. The zero-order chi connectivity index (χ0) is 21.4. The van der Waals surface area contributed by atoms with Crippen LogP contribution in [0, 0.1) is 10.1 Å². The average Bonchev–Trinajstić information content (AvgIpc) is 3.40. The van der Waals surface area contributed by atoms with Crippen LogP contribution in [0.5, 0.6) is 0 Å². The molecule has 2 heterocycles. The first-order valence-corrected chi connectivity index (χ1v) is 9.44. The van der Waals surface area contributed by atoms with Crippen LogP contribution in [0.1, 0.15) is 11.3 Å². The predicted molar refractivity (Wildman–Crippen MR) is 115 cm³/mol. The molecule has 0 saturated heterocycles. The maximum Gasteiger partial charge on any atom is 0.363 e. The topological polar surface area (TPSA) is 94.9 Å².